The number of amides is 2. The Kier molecular flexibility index (Phi) is 6.70. The lowest BCUT2D eigenvalue weighted by Gasteiger charge is -2.52. The number of nitrogens with one attached hydrogen (secondary N) is 1. The van der Waals surface area contributed by atoms with Crippen molar-refractivity contribution in [2.45, 2.75) is 52.1 Å². The lowest BCUT2D eigenvalue weighted by molar-refractivity contribution is -0.172. The van der Waals surface area contributed by atoms with Gasteiger partial charge in [0.1, 0.15) is 18.7 Å². The molecule has 4 rings (SSSR count). The second-order valence-electron chi connectivity index (χ2n) is 10.2. The normalized spacial score (nSPS) is 18.5. The smallest absolute Gasteiger partial charge is 0.407 e. The standard InChI is InChI=1S/C28H32N2O5/c1-17(2)13-14-23(25(31)30-16-28(3,4)24(30)26(32)33)29-27(34)35-15-22-20-11-7-5-9-18(20)19-10-6-8-12-21(19)22/h5-13,22-24H,14-16H2,1-4H3,(H,29,34)(H,32,33). The molecule has 2 aromatic rings. The highest BCUT2D eigenvalue weighted by atomic mass is 16.5. The molecule has 0 radical (unpaired) electrons. The molecular weight excluding hydrogens is 444 g/mol. The maximum Gasteiger partial charge on any atom is 0.407 e. The van der Waals surface area contributed by atoms with Crippen LogP contribution >= 0.6 is 0 Å². The number of carbonyl (C=O) groups excluding carboxylic acids is 2. The Bertz CT molecular complexity index is 1140. The molecule has 0 spiro atoms. The van der Waals surface area contributed by atoms with Crippen LogP contribution in [0.1, 0.15) is 51.2 Å². The van der Waals surface area contributed by atoms with Crippen molar-refractivity contribution in [3.63, 3.8) is 0 Å². The molecule has 35 heavy (non-hydrogen) atoms. The Labute approximate surface area is 205 Å². The summed E-state index contributed by atoms with van der Waals surface area (Å²) in [5, 5.41) is 12.3. The summed E-state index contributed by atoms with van der Waals surface area (Å²) in [4.78, 5) is 39.1. The van der Waals surface area contributed by atoms with Crippen LogP contribution in [0.15, 0.2) is 60.2 Å². The van der Waals surface area contributed by atoms with Gasteiger partial charge >= 0.3 is 12.1 Å². The second kappa shape index (κ2) is 9.56. The number of carboxylic acids is 1. The third kappa shape index (κ3) is 4.81. The zero-order chi connectivity index (χ0) is 25.3. The number of likely N-dealkylation sites (tertiary alicyclic amines) is 1. The van der Waals surface area contributed by atoms with Gasteiger partial charge in [-0.15, -0.1) is 0 Å². The summed E-state index contributed by atoms with van der Waals surface area (Å²) in [5.74, 6) is -1.55. The number of hydrogen-bond donors (Lipinski definition) is 2. The highest BCUT2D eigenvalue weighted by Gasteiger charge is 2.53. The molecule has 2 amide bonds. The van der Waals surface area contributed by atoms with Crippen molar-refractivity contribution in [1.82, 2.24) is 10.2 Å². The van der Waals surface area contributed by atoms with Crippen molar-refractivity contribution < 1.29 is 24.2 Å². The molecule has 1 saturated heterocycles. The molecule has 1 aliphatic heterocycles. The maximum atomic E-state index is 13.2. The van der Waals surface area contributed by atoms with Gasteiger partial charge < -0.3 is 20.1 Å². The van der Waals surface area contributed by atoms with Crippen molar-refractivity contribution in [3.8, 4) is 11.1 Å². The fraction of sp³-hybridized carbons (Fsp3) is 0.393. The zero-order valence-corrected chi connectivity index (χ0v) is 20.6. The number of alkyl carbamates (subject to hydrolysis) is 1. The molecular formula is C28H32N2O5. The number of nitrogens with zero attached hydrogens (tertiary/aromatic N) is 1. The van der Waals surface area contributed by atoms with E-state index in [0.717, 1.165) is 27.8 Å². The number of ether oxygens (including phenoxy) is 1. The average Bonchev–Trinajstić information content (AvgIpc) is 3.11. The molecule has 7 nitrogen and oxygen atoms in total. The quantitative estimate of drug-likeness (QED) is 0.571. The zero-order valence-electron chi connectivity index (χ0n) is 20.6. The van der Waals surface area contributed by atoms with Gasteiger partial charge in [0.25, 0.3) is 0 Å². The van der Waals surface area contributed by atoms with Gasteiger partial charge in [-0.25, -0.2) is 9.59 Å². The second-order valence-corrected chi connectivity index (χ2v) is 10.2. The molecule has 0 bridgehead atoms. The van der Waals surface area contributed by atoms with Crippen molar-refractivity contribution >= 4 is 18.0 Å². The van der Waals surface area contributed by atoms with Crippen LogP contribution in [0.25, 0.3) is 11.1 Å². The van der Waals surface area contributed by atoms with Gasteiger partial charge in [0.15, 0.2) is 0 Å². The van der Waals surface area contributed by atoms with E-state index < -0.39 is 35.5 Å². The topological polar surface area (TPSA) is 95.9 Å². The number of aliphatic carboxylic acids is 1. The fourth-order valence-corrected chi connectivity index (χ4v) is 5.16. The Morgan fingerprint density at radius 1 is 1.09 bits per heavy atom. The van der Waals surface area contributed by atoms with Crippen LogP contribution in [-0.4, -0.2) is 53.2 Å². The molecule has 2 aromatic carbocycles. The van der Waals surface area contributed by atoms with Crippen LogP contribution in [0.2, 0.25) is 0 Å². The van der Waals surface area contributed by atoms with Crippen LogP contribution in [0.5, 0.6) is 0 Å². The third-order valence-electron chi connectivity index (χ3n) is 6.84. The molecule has 2 unspecified atom stereocenters. The van der Waals surface area contributed by atoms with Crippen LogP contribution in [0.3, 0.4) is 0 Å². The van der Waals surface area contributed by atoms with E-state index in [4.69, 9.17) is 4.74 Å². The minimum Gasteiger partial charge on any atom is -0.480 e. The molecule has 184 valence electrons. The van der Waals surface area contributed by atoms with Gasteiger partial charge in [0.2, 0.25) is 5.91 Å². The summed E-state index contributed by atoms with van der Waals surface area (Å²) >= 11 is 0. The molecule has 2 atom stereocenters. The van der Waals surface area contributed by atoms with E-state index in [0.29, 0.717) is 6.54 Å². The Hall–Kier alpha value is -3.61. The Morgan fingerprint density at radius 2 is 1.66 bits per heavy atom. The Morgan fingerprint density at radius 3 is 2.17 bits per heavy atom. The van der Waals surface area contributed by atoms with E-state index in [9.17, 15) is 19.5 Å². The van der Waals surface area contributed by atoms with Crippen molar-refractivity contribution in [3.05, 3.63) is 71.3 Å². The van der Waals surface area contributed by atoms with Gasteiger partial charge in [0, 0.05) is 17.9 Å². The summed E-state index contributed by atoms with van der Waals surface area (Å²) < 4.78 is 5.62. The molecule has 7 heteroatoms. The largest absolute Gasteiger partial charge is 0.480 e. The molecule has 2 N–H and O–H groups in total. The molecule has 2 aliphatic rings. The number of hydrogen-bond acceptors (Lipinski definition) is 4. The minimum atomic E-state index is -1.04. The SMILES string of the molecule is CC(C)=CCC(NC(=O)OCC1c2ccccc2-c2ccccc21)C(=O)N1CC(C)(C)C1C(=O)O. The highest BCUT2D eigenvalue weighted by Crippen LogP contribution is 2.44. The van der Waals surface area contributed by atoms with Crippen LogP contribution in [0.4, 0.5) is 4.79 Å². The molecule has 1 aliphatic carbocycles. The van der Waals surface area contributed by atoms with E-state index in [1.54, 1.807) is 0 Å². The Balaban J connectivity index is 1.46. The first kappa shape index (κ1) is 24.5. The fourth-order valence-electron chi connectivity index (χ4n) is 5.16. The number of carbonyl (C=O) groups is 3. The number of allylic oxidation sites excluding steroid dienone is 1. The third-order valence-corrected chi connectivity index (χ3v) is 6.84. The van der Waals surface area contributed by atoms with Crippen molar-refractivity contribution in [2.75, 3.05) is 13.2 Å². The average molecular weight is 477 g/mol. The van der Waals surface area contributed by atoms with Crippen LogP contribution < -0.4 is 5.32 Å². The highest BCUT2D eigenvalue weighted by molar-refractivity contribution is 5.91. The first-order valence-corrected chi connectivity index (χ1v) is 11.9. The number of carboxylic acid groups (broad SMARTS) is 1. The summed E-state index contributed by atoms with van der Waals surface area (Å²) in [7, 11) is 0. The predicted molar refractivity (Wildman–Crippen MR) is 133 cm³/mol. The van der Waals surface area contributed by atoms with E-state index in [1.807, 2.05) is 70.2 Å². The van der Waals surface area contributed by atoms with E-state index in [1.165, 1.54) is 4.90 Å². The summed E-state index contributed by atoms with van der Waals surface area (Å²) in [5.41, 5.74) is 4.95. The molecule has 1 fully saturated rings. The van der Waals surface area contributed by atoms with E-state index in [-0.39, 0.29) is 18.9 Å². The summed E-state index contributed by atoms with van der Waals surface area (Å²) in [6.07, 6.45) is 1.42. The number of fused-ring (bicyclic) bond motifs is 3. The molecule has 0 saturated carbocycles. The molecule has 0 aromatic heterocycles. The van der Waals surface area contributed by atoms with Gasteiger partial charge in [-0.3, -0.25) is 4.79 Å². The maximum absolute atomic E-state index is 13.2. The van der Waals surface area contributed by atoms with Crippen molar-refractivity contribution in [1.29, 1.82) is 0 Å². The summed E-state index contributed by atoms with van der Waals surface area (Å²) in [6.45, 7) is 7.90. The van der Waals surface area contributed by atoms with Crippen LogP contribution in [-0.2, 0) is 14.3 Å². The molecule has 1 heterocycles. The van der Waals surface area contributed by atoms with Gasteiger partial charge in [0.05, 0.1) is 0 Å². The van der Waals surface area contributed by atoms with Gasteiger partial charge in [-0.2, -0.15) is 0 Å². The van der Waals surface area contributed by atoms with E-state index >= 15 is 0 Å². The number of benzene rings is 2. The monoisotopic (exact) mass is 476 g/mol. The lowest BCUT2D eigenvalue weighted by atomic mass is 9.74. The van der Waals surface area contributed by atoms with E-state index in [2.05, 4.69) is 17.4 Å². The minimum absolute atomic E-state index is 0.0901. The first-order chi connectivity index (χ1) is 16.6. The van der Waals surface area contributed by atoms with Gasteiger partial charge in [-0.1, -0.05) is 74.0 Å². The number of rotatable bonds is 7. The van der Waals surface area contributed by atoms with Crippen LogP contribution in [0, 0.1) is 5.41 Å². The van der Waals surface area contributed by atoms with Gasteiger partial charge in [-0.05, 0) is 42.5 Å². The van der Waals surface area contributed by atoms with Crippen molar-refractivity contribution in [2.24, 2.45) is 5.41 Å². The lowest BCUT2D eigenvalue weighted by Crippen LogP contribution is -2.69. The predicted octanol–water partition coefficient (Wildman–Crippen LogP) is 4.57. The summed E-state index contributed by atoms with van der Waals surface area (Å²) in [6, 6.07) is 14.3. The first-order valence-electron chi connectivity index (χ1n) is 11.9.